The van der Waals surface area contributed by atoms with Crippen LogP contribution in [0.4, 0.5) is 5.69 Å². The molecule has 0 radical (unpaired) electrons. The minimum Gasteiger partial charge on any atom is -0.354 e. The first-order valence-corrected chi connectivity index (χ1v) is 14.4. The Balaban J connectivity index is 2.00. The quantitative estimate of drug-likeness (QED) is 0.336. The molecule has 0 aliphatic carbocycles. The van der Waals surface area contributed by atoms with Gasteiger partial charge in [-0.2, -0.15) is 0 Å². The van der Waals surface area contributed by atoms with Crippen LogP contribution in [0.3, 0.4) is 0 Å². The highest BCUT2D eigenvalue weighted by molar-refractivity contribution is 7.92. The normalized spacial score (nSPS) is 12.1. The van der Waals surface area contributed by atoms with Gasteiger partial charge >= 0.3 is 0 Å². The van der Waals surface area contributed by atoms with Gasteiger partial charge in [0.15, 0.2) is 0 Å². The van der Waals surface area contributed by atoms with Crippen LogP contribution >= 0.6 is 11.6 Å². The summed E-state index contributed by atoms with van der Waals surface area (Å²) in [5.74, 6) is -0.507. The van der Waals surface area contributed by atoms with Crippen LogP contribution in [0, 0.1) is 5.92 Å². The van der Waals surface area contributed by atoms with Gasteiger partial charge in [0.05, 0.1) is 10.6 Å². The van der Waals surface area contributed by atoms with Crippen molar-refractivity contribution in [2.45, 2.75) is 44.7 Å². The molecular formula is C29H34ClN3O4S. The zero-order chi connectivity index (χ0) is 27.7. The van der Waals surface area contributed by atoms with Crippen molar-refractivity contribution in [3.63, 3.8) is 0 Å². The van der Waals surface area contributed by atoms with Crippen molar-refractivity contribution in [3.05, 3.63) is 95.5 Å². The summed E-state index contributed by atoms with van der Waals surface area (Å²) in [5, 5.41) is 3.32. The molecule has 0 saturated carbocycles. The van der Waals surface area contributed by atoms with E-state index in [1.807, 2.05) is 51.1 Å². The van der Waals surface area contributed by atoms with Crippen LogP contribution in [0.15, 0.2) is 89.8 Å². The Morgan fingerprint density at radius 2 is 1.47 bits per heavy atom. The summed E-state index contributed by atoms with van der Waals surface area (Å²) in [7, 11) is -4.12. The van der Waals surface area contributed by atoms with Gasteiger partial charge in [-0.3, -0.25) is 13.9 Å². The molecule has 0 spiro atoms. The van der Waals surface area contributed by atoms with E-state index in [-0.39, 0.29) is 23.3 Å². The second-order valence-electron chi connectivity index (χ2n) is 9.37. The minimum atomic E-state index is -4.12. The molecule has 1 N–H and O–H groups in total. The molecule has 9 heteroatoms. The van der Waals surface area contributed by atoms with E-state index in [0.29, 0.717) is 23.7 Å². The lowest BCUT2D eigenvalue weighted by molar-refractivity contribution is -0.140. The molecule has 0 aromatic heterocycles. The number of halogens is 1. The van der Waals surface area contributed by atoms with Gasteiger partial charge in [0.1, 0.15) is 12.6 Å². The third-order valence-corrected chi connectivity index (χ3v) is 8.03. The van der Waals surface area contributed by atoms with E-state index in [9.17, 15) is 18.0 Å². The first-order valence-electron chi connectivity index (χ1n) is 12.6. The van der Waals surface area contributed by atoms with E-state index in [1.165, 1.54) is 29.2 Å². The number of nitrogens with zero attached hydrogens (tertiary/aromatic N) is 2. The van der Waals surface area contributed by atoms with Gasteiger partial charge in [-0.15, -0.1) is 0 Å². The van der Waals surface area contributed by atoms with E-state index in [2.05, 4.69) is 5.32 Å². The van der Waals surface area contributed by atoms with E-state index in [4.69, 9.17) is 11.6 Å². The molecule has 0 fully saturated rings. The number of benzene rings is 3. The summed E-state index contributed by atoms with van der Waals surface area (Å²) in [6, 6.07) is 22.8. The van der Waals surface area contributed by atoms with Crippen molar-refractivity contribution in [2.75, 3.05) is 17.4 Å². The summed E-state index contributed by atoms with van der Waals surface area (Å²) < 4.78 is 28.6. The molecule has 7 nitrogen and oxygen atoms in total. The Morgan fingerprint density at radius 1 is 0.895 bits per heavy atom. The number of carbonyl (C=O) groups is 2. The largest absolute Gasteiger partial charge is 0.354 e. The fourth-order valence-electron chi connectivity index (χ4n) is 3.98. The number of rotatable bonds is 12. The topological polar surface area (TPSA) is 86.8 Å². The highest BCUT2D eigenvalue weighted by Gasteiger charge is 2.33. The van der Waals surface area contributed by atoms with E-state index in [0.717, 1.165) is 9.87 Å². The van der Waals surface area contributed by atoms with E-state index in [1.54, 1.807) is 30.3 Å². The zero-order valence-corrected chi connectivity index (χ0v) is 23.5. The number of amides is 2. The fourth-order valence-corrected chi connectivity index (χ4v) is 5.52. The average Bonchev–Trinajstić information content (AvgIpc) is 2.91. The number of nitrogens with one attached hydrogen (secondary N) is 1. The van der Waals surface area contributed by atoms with Gasteiger partial charge in [0, 0.05) is 18.1 Å². The Kier molecular flexibility index (Phi) is 10.3. The third kappa shape index (κ3) is 7.58. The van der Waals surface area contributed by atoms with Gasteiger partial charge in [-0.1, -0.05) is 80.9 Å². The Labute approximate surface area is 230 Å². The average molecular weight is 556 g/mol. The predicted molar refractivity (Wildman–Crippen MR) is 151 cm³/mol. The first-order chi connectivity index (χ1) is 18.1. The molecule has 2 amide bonds. The van der Waals surface area contributed by atoms with Crippen molar-refractivity contribution in [1.29, 1.82) is 0 Å². The molecule has 0 heterocycles. The van der Waals surface area contributed by atoms with Crippen molar-refractivity contribution < 1.29 is 18.0 Å². The molecule has 0 aliphatic heterocycles. The lowest BCUT2D eigenvalue weighted by Crippen LogP contribution is -2.52. The molecule has 202 valence electrons. The second-order valence-corrected chi connectivity index (χ2v) is 11.7. The fraction of sp³-hybridized carbons (Fsp3) is 0.310. The van der Waals surface area contributed by atoms with E-state index >= 15 is 0 Å². The van der Waals surface area contributed by atoms with Crippen molar-refractivity contribution in [2.24, 2.45) is 5.92 Å². The second kappa shape index (κ2) is 13.4. The van der Waals surface area contributed by atoms with Crippen LogP contribution in [0.1, 0.15) is 32.8 Å². The van der Waals surface area contributed by atoms with Crippen molar-refractivity contribution >= 4 is 39.1 Å². The standard InChI is InChI=1S/C29H34ClN3O4S/c1-4-27(29(35)31-19-22(2)3)32(20-23-11-7-5-8-12-23)28(34)21-33(25-13-9-6-10-14-25)38(36,37)26-17-15-24(30)16-18-26/h5-18,22,27H,4,19-21H2,1-3H3,(H,31,35)/t27-/m0/s1. The van der Waals surface area contributed by atoms with Crippen LogP contribution in [-0.2, 0) is 26.2 Å². The van der Waals surface area contributed by atoms with Gasteiger partial charge in [0.25, 0.3) is 10.0 Å². The summed E-state index contributed by atoms with van der Waals surface area (Å²) >= 11 is 5.98. The third-order valence-electron chi connectivity index (χ3n) is 5.99. The van der Waals surface area contributed by atoms with Crippen LogP contribution in [-0.4, -0.2) is 44.3 Å². The Morgan fingerprint density at radius 3 is 2.03 bits per heavy atom. The molecule has 0 bridgehead atoms. The first kappa shape index (κ1) is 29.2. The van der Waals surface area contributed by atoms with Crippen LogP contribution in [0.5, 0.6) is 0 Å². The molecule has 1 atom stereocenters. The van der Waals surface area contributed by atoms with E-state index < -0.39 is 28.5 Å². The number of anilines is 1. The molecule has 0 saturated heterocycles. The molecular weight excluding hydrogens is 522 g/mol. The van der Waals surface area contributed by atoms with Crippen molar-refractivity contribution in [3.8, 4) is 0 Å². The highest BCUT2D eigenvalue weighted by atomic mass is 35.5. The molecule has 3 aromatic rings. The SMILES string of the molecule is CC[C@@H](C(=O)NCC(C)C)N(Cc1ccccc1)C(=O)CN(c1ccccc1)S(=O)(=O)c1ccc(Cl)cc1. The maximum absolute atomic E-state index is 13.9. The van der Waals surface area contributed by atoms with Gasteiger partial charge in [0.2, 0.25) is 11.8 Å². The Hall–Kier alpha value is -3.36. The number of carbonyl (C=O) groups excluding carboxylic acids is 2. The molecule has 0 unspecified atom stereocenters. The zero-order valence-electron chi connectivity index (χ0n) is 21.9. The summed E-state index contributed by atoms with van der Waals surface area (Å²) in [4.78, 5) is 28.6. The van der Waals surface area contributed by atoms with Crippen LogP contribution in [0.25, 0.3) is 0 Å². The van der Waals surface area contributed by atoms with Crippen molar-refractivity contribution in [1.82, 2.24) is 10.2 Å². The van der Waals surface area contributed by atoms with Crippen LogP contribution < -0.4 is 9.62 Å². The smallest absolute Gasteiger partial charge is 0.264 e. The van der Waals surface area contributed by atoms with Gasteiger partial charge in [-0.25, -0.2) is 8.42 Å². The Bertz CT molecular complexity index is 1300. The number of hydrogen-bond donors (Lipinski definition) is 1. The minimum absolute atomic E-state index is 0.00915. The highest BCUT2D eigenvalue weighted by Crippen LogP contribution is 2.25. The summed E-state index contributed by atoms with van der Waals surface area (Å²) in [6.07, 6.45) is 0.373. The lowest BCUT2D eigenvalue weighted by Gasteiger charge is -2.33. The molecule has 0 aliphatic rings. The summed E-state index contributed by atoms with van der Waals surface area (Å²) in [5.41, 5.74) is 1.18. The summed E-state index contributed by atoms with van der Waals surface area (Å²) in [6.45, 7) is 5.99. The van der Waals surface area contributed by atoms with Crippen LogP contribution in [0.2, 0.25) is 5.02 Å². The molecule has 38 heavy (non-hydrogen) atoms. The monoisotopic (exact) mass is 555 g/mol. The molecule has 3 rings (SSSR count). The predicted octanol–water partition coefficient (Wildman–Crippen LogP) is 5.11. The van der Waals surface area contributed by atoms with Gasteiger partial charge in [-0.05, 0) is 54.3 Å². The number of hydrogen-bond acceptors (Lipinski definition) is 4. The van der Waals surface area contributed by atoms with Gasteiger partial charge < -0.3 is 10.2 Å². The number of sulfonamides is 1. The maximum atomic E-state index is 13.9. The molecule has 3 aromatic carbocycles. The lowest BCUT2D eigenvalue weighted by atomic mass is 10.1. The number of para-hydroxylation sites is 1. The maximum Gasteiger partial charge on any atom is 0.264 e.